The topological polar surface area (TPSA) is 64.2 Å². The number of sulfone groups is 1. The van der Waals surface area contributed by atoms with E-state index in [-0.39, 0.29) is 23.5 Å². The minimum absolute atomic E-state index is 0.0697. The second-order valence-electron chi connectivity index (χ2n) is 7.06. The zero-order valence-electron chi connectivity index (χ0n) is 16.0. The molecule has 0 radical (unpaired) electrons. The Morgan fingerprint density at radius 2 is 1.28 bits per heavy atom. The average molecular weight is 375 g/mol. The molecule has 0 spiro atoms. The van der Waals surface area contributed by atoms with Crippen molar-refractivity contribution in [3.63, 3.8) is 0 Å². The minimum Gasteiger partial charge on any atom is -0.339 e. The van der Waals surface area contributed by atoms with Gasteiger partial charge in [0.25, 0.3) is 0 Å². The van der Waals surface area contributed by atoms with E-state index in [2.05, 4.69) is 28.5 Å². The second kappa shape index (κ2) is 9.30. The molecule has 2 fully saturated rings. The third-order valence-electron chi connectivity index (χ3n) is 5.59. The van der Waals surface area contributed by atoms with Gasteiger partial charge in [0.05, 0.1) is 17.5 Å². The summed E-state index contributed by atoms with van der Waals surface area (Å²) in [7, 11) is -2.96. The molecule has 2 heterocycles. The van der Waals surface area contributed by atoms with Crippen LogP contribution in [0, 0.1) is 0 Å². The lowest BCUT2D eigenvalue weighted by Crippen LogP contribution is -2.53. The van der Waals surface area contributed by atoms with Crippen LogP contribution in [0.3, 0.4) is 0 Å². The Bertz CT molecular complexity index is 510. The third-order valence-corrected chi connectivity index (χ3v) is 7.20. The molecule has 25 heavy (non-hydrogen) atoms. The molecule has 146 valence electrons. The molecule has 2 saturated heterocycles. The van der Waals surface area contributed by atoms with Gasteiger partial charge in [0, 0.05) is 52.4 Å². The number of carbonyl (C=O) groups excluding carboxylic acids is 1. The van der Waals surface area contributed by atoms with Gasteiger partial charge in [-0.1, -0.05) is 13.8 Å². The first-order chi connectivity index (χ1) is 11.9. The summed E-state index contributed by atoms with van der Waals surface area (Å²) >= 11 is 0. The molecule has 7 nitrogen and oxygen atoms in total. The summed E-state index contributed by atoms with van der Waals surface area (Å²) in [6, 6.07) is -0.198. The van der Waals surface area contributed by atoms with Crippen molar-refractivity contribution in [3.8, 4) is 0 Å². The van der Waals surface area contributed by atoms with Gasteiger partial charge < -0.3 is 14.7 Å². The zero-order chi connectivity index (χ0) is 18.4. The largest absolute Gasteiger partial charge is 0.339 e. The lowest BCUT2D eigenvalue weighted by Gasteiger charge is -2.35. The Hall–Kier alpha value is -0.700. The van der Waals surface area contributed by atoms with E-state index in [1.807, 2.05) is 6.92 Å². The number of nitrogens with zero attached hydrogens (tertiary/aromatic N) is 4. The van der Waals surface area contributed by atoms with E-state index in [1.54, 1.807) is 4.90 Å². The van der Waals surface area contributed by atoms with E-state index in [4.69, 9.17) is 0 Å². The summed E-state index contributed by atoms with van der Waals surface area (Å²) in [5.41, 5.74) is 0. The molecule has 0 N–H and O–H groups in total. The molecular weight excluding hydrogens is 340 g/mol. The van der Waals surface area contributed by atoms with Gasteiger partial charge in [-0.25, -0.2) is 8.42 Å². The Morgan fingerprint density at radius 1 is 0.840 bits per heavy atom. The Morgan fingerprint density at radius 3 is 1.72 bits per heavy atom. The minimum atomic E-state index is -2.96. The Labute approximate surface area is 152 Å². The highest BCUT2D eigenvalue weighted by Gasteiger charge is 2.31. The van der Waals surface area contributed by atoms with Crippen LogP contribution < -0.4 is 0 Å². The van der Waals surface area contributed by atoms with Gasteiger partial charge in [-0.05, 0) is 20.0 Å². The first-order valence-electron chi connectivity index (χ1n) is 9.54. The number of likely N-dealkylation sites (N-methyl/N-ethyl adjacent to an activating group) is 2. The predicted octanol–water partition coefficient (Wildman–Crippen LogP) is -0.409. The van der Waals surface area contributed by atoms with Crippen molar-refractivity contribution in [2.75, 3.05) is 77.0 Å². The summed E-state index contributed by atoms with van der Waals surface area (Å²) in [5, 5.41) is 0. The Kier molecular flexibility index (Phi) is 7.67. The number of hydrogen-bond donors (Lipinski definition) is 0. The van der Waals surface area contributed by atoms with Gasteiger partial charge in [-0.3, -0.25) is 9.69 Å². The molecule has 2 aliphatic heterocycles. The van der Waals surface area contributed by atoms with Crippen LogP contribution in [-0.2, 0) is 14.6 Å². The lowest BCUT2D eigenvalue weighted by atomic mass is 10.2. The van der Waals surface area contributed by atoms with Crippen molar-refractivity contribution in [2.45, 2.75) is 26.8 Å². The zero-order valence-corrected chi connectivity index (χ0v) is 16.8. The van der Waals surface area contributed by atoms with Crippen LogP contribution in [0.15, 0.2) is 0 Å². The van der Waals surface area contributed by atoms with Crippen LogP contribution in [-0.4, -0.2) is 117 Å². The quantitative estimate of drug-likeness (QED) is 0.667. The average Bonchev–Trinajstić information content (AvgIpc) is 2.70. The highest BCUT2D eigenvalue weighted by molar-refractivity contribution is 7.91. The summed E-state index contributed by atoms with van der Waals surface area (Å²) < 4.78 is 23.2. The van der Waals surface area contributed by atoms with Crippen LogP contribution in [0.25, 0.3) is 0 Å². The molecule has 0 saturated carbocycles. The monoisotopic (exact) mass is 374 g/mol. The predicted molar refractivity (Wildman–Crippen MR) is 100 cm³/mol. The molecule has 1 atom stereocenters. The lowest BCUT2D eigenvalue weighted by molar-refractivity contribution is -0.136. The van der Waals surface area contributed by atoms with Gasteiger partial charge in [0.2, 0.25) is 5.91 Å². The Balaban J connectivity index is 1.99. The number of hydrogen-bond acceptors (Lipinski definition) is 6. The van der Waals surface area contributed by atoms with Crippen molar-refractivity contribution < 1.29 is 13.2 Å². The van der Waals surface area contributed by atoms with Crippen molar-refractivity contribution in [1.82, 2.24) is 19.6 Å². The maximum atomic E-state index is 12.9. The van der Waals surface area contributed by atoms with E-state index < -0.39 is 9.84 Å². The highest BCUT2D eigenvalue weighted by Crippen LogP contribution is 2.11. The van der Waals surface area contributed by atoms with E-state index in [9.17, 15) is 13.2 Å². The molecule has 0 aromatic rings. The molecule has 1 unspecified atom stereocenters. The number of amides is 1. The van der Waals surface area contributed by atoms with Crippen LogP contribution >= 0.6 is 0 Å². The number of carbonyl (C=O) groups is 1. The first-order valence-corrected chi connectivity index (χ1v) is 11.4. The van der Waals surface area contributed by atoms with Gasteiger partial charge in [0.1, 0.15) is 0 Å². The van der Waals surface area contributed by atoms with Gasteiger partial charge in [0.15, 0.2) is 9.84 Å². The van der Waals surface area contributed by atoms with E-state index in [0.717, 1.165) is 52.4 Å². The fourth-order valence-electron chi connectivity index (χ4n) is 3.53. The van der Waals surface area contributed by atoms with Gasteiger partial charge in [-0.2, -0.15) is 0 Å². The molecule has 2 aliphatic rings. The van der Waals surface area contributed by atoms with Crippen LogP contribution in [0.1, 0.15) is 20.8 Å². The summed E-state index contributed by atoms with van der Waals surface area (Å²) in [6.07, 6.45) is 0. The van der Waals surface area contributed by atoms with Crippen LogP contribution in [0.4, 0.5) is 0 Å². The van der Waals surface area contributed by atoms with E-state index in [0.29, 0.717) is 13.1 Å². The van der Waals surface area contributed by atoms with Crippen molar-refractivity contribution in [2.24, 2.45) is 0 Å². The number of rotatable bonds is 4. The SMILES string of the molecule is CCN1CCN(CC)CCN(C(C)C(=O)N2CCS(=O)(=O)CC2)CC1. The van der Waals surface area contributed by atoms with Crippen molar-refractivity contribution in [1.29, 1.82) is 0 Å². The van der Waals surface area contributed by atoms with Crippen LogP contribution in [0.5, 0.6) is 0 Å². The molecule has 0 aromatic heterocycles. The van der Waals surface area contributed by atoms with Crippen molar-refractivity contribution in [3.05, 3.63) is 0 Å². The fraction of sp³-hybridized carbons (Fsp3) is 0.941. The van der Waals surface area contributed by atoms with E-state index >= 15 is 0 Å². The summed E-state index contributed by atoms with van der Waals surface area (Å²) in [5.74, 6) is 0.262. The molecular formula is C17H34N4O3S. The third kappa shape index (κ3) is 5.91. The van der Waals surface area contributed by atoms with Gasteiger partial charge >= 0.3 is 0 Å². The molecule has 8 heteroatoms. The molecule has 1 amide bonds. The summed E-state index contributed by atoms with van der Waals surface area (Å²) in [4.78, 5) is 21.7. The maximum Gasteiger partial charge on any atom is 0.239 e. The normalized spacial score (nSPS) is 25.8. The first kappa shape index (κ1) is 20.6. The smallest absolute Gasteiger partial charge is 0.239 e. The summed E-state index contributed by atoms with van der Waals surface area (Å²) in [6.45, 7) is 14.9. The second-order valence-corrected chi connectivity index (χ2v) is 9.36. The molecule has 0 aromatic carbocycles. The molecule has 2 rings (SSSR count). The van der Waals surface area contributed by atoms with Crippen LogP contribution in [0.2, 0.25) is 0 Å². The molecule has 0 bridgehead atoms. The highest BCUT2D eigenvalue weighted by atomic mass is 32.2. The van der Waals surface area contributed by atoms with Gasteiger partial charge in [-0.15, -0.1) is 0 Å². The maximum absolute atomic E-state index is 12.9. The standard InChI is InChI=1S/C17H34N4O3S/c1-4-18-6-7-19(5-2)9-11-20(10-8-18)16(3)17(22)21-12-14-25(23,24)15-13-21/h16H,4-15H2,1-3H3. The van der Waals surface area contributed by atoms with Crippen molar-refractivity contribution >= 4 is 15.7 Å². The fourth-order valence-corrected chi connectivity index (χ4v) is 4.73. The van der Waals surface area contributed by atoms with E-state index in [1.165, 1.54) is 0 Å². The molecule has 0 aliphatic carbocycles.